The van der Waals surface area contributed by atoms with Crippen LogP contribution in [0.2, 0.25) is 0 Å². The summed E-state index contributed by atoms with van der Waals surface area (Å²) in [5.41, 5.74) is 1.13. The van der Waals surface area contributed by atoms with E-state index < -0.39 is 0 Å². The van der Waals surface area contributed by atoms with E-state index in [0.717, 1.165) is 27.7 Å². The van der Waals surface area contributed by atoms with Crippen LogP contribution in [-0.4, -0.2) is 18.8 Å². The standard InChI is InChI=1S/C11H13Br2NO/c1-7-10(4-5-15-7)14-11-3-2-8(12)6-9(11)13/h2-3,6-7,10,14H,4-5H2,1H3. The smallest absolute Gasteiger partial charge is 0.0748 e. The third-order valence-electron chi connectivity index (χ3n) is 2.65. The van der Waals surface area contributed by atoms with Gasteiger partial charge in [0.25, 0.3) is 0 Å². The maximum absolute atomic E-state index is 5.51. The molecule has 2 atom stereocenters. The van der Waals surface area contributed by atoms with Crippen LogP contribution in [0.1, 0.15) is 13.3 Å². The highest BCUT2D eigenvalue weighted by molar-refractivity contribution is 9.11. The number of ether oxygens (including phenoxy) is 1. The zero-order valence-electron chi connectivity index (χ0n) is 8.47. The minimum atomic E-state index is 0.292. The van der Waals surface area contributed by atoms with Gasteiger partial charge in [-0.2, -0.15) is 0 Å². The number of nitrogens with one attached hydrogen (secondary N) is 1. The average Bonchev–Trinajstić information content (AvgIpc) is 2.57. The number of benzene rings is 1. The Morgan fingerprint density at radius 3 is 2.80 bits per heavy atom. The first-order chi connectivity index (χ1) is 7.16. The first kappa shape index (κ1) is 11.4. The van der Waals surface area contributed by atoms with Crippen molar-refractivity contribution in [2.24, 2.45) is 0 Å². The summed E-state index contributed by atoms with van der Waals surface area (Å²) in [7, 11) is 0. The molecule has 1 aromatic rings. The van der Waals surface area contributed by atoms with Gasteiger partial charge in [0, 0.05) is 21.2 Å². The van der Waals surface area contributed by atoms with E-state index in [1.165, 1.54) is 0 Å². The molecule has 4 heteroatoms. The fourth-order valence-electron chi connectivity index (χ4n) is 1.73. The second-order valence-electron chi connectivity index (χ2n) is 3.74. The van der Waals surface area contributed by atoms with E-state index in [9.17, 15) is 0 Å². The quantitative estimate of drug-likeness (QED) is 0.888. The van der Waals surface area contributed by atoms with Crippen LogP contribution >= 0.6 is 31.9 Å². The molecule has 82 valence electrons. The lowest BCUT2D eigenvalue weighted by molar-refractivity contribution is 0.121. The molecule has 2 nitrogen and oxygen atoms in total. The zero-order chi connectivity index (χ0) is 10.8. The van der Waals surface area contributed by atoms with Crippen molar-refractivity contribution >= 4 is 37.5 Å². The van der Waals surface area contributed by atoms with Gasteiger partial charge in [-0.3, -0.25) is 0 Å². The van der Waals surface area contributed by atoms with Crippen LogP contribution in [0.25, 0.3) is 0 Å². The molecule has 15 heavy (non-hydrogen) atoms. The SMILES string of the molecule is CC1OCCC1Nc1ccc(Br)cc1Br. The molecule has 0 aromatic heterocycles. The largest absolute Gasteiger partial charge is 0.379 e. The topological polar surface area (TPSA) is 21.3 Å². The van der Waals surface area contributed by atoms with Crippen molar-refractivity contribution in [2.75, 3.05) is 11.9 Å². The number of hydrogen-bond acceptors (Lipinski definition) is 2. The average molecular weight is 335 g/mol. The van der Waals surface area contributed by atoms with Crippen LogP contribution in [0.5, 0.6) is 0 Å². The lowest BCUT2D eigenvalue weighted by Crippen LogP contribution is -2.26. The predicted octanol–water partition coefficient (Wildman–Crippen LogP) is 3.80. The van der Waals surface area contributed by atoms with Gasteiger partial charge in [-0.05, 0) is 47.5 Å². The molecule has 1 fully saturated rings. The Morgan fingerprint density at radius 1 is 1.40 bits per heavy atom. The first-order valence-corrected chi connectivity index (χ1v) is 6.58. The molecule has 0 bridgehead atoms. The normalized spacial score (nSPS) is 25.5. The molecule has 0 radical (unpaired) electrons. The Bertz CT molecular complexity index is 356. The molecule has 0 amide bonds. The van der Waals surface area contributed by atoms with E-state index in [2.05, 4.69) is 50.2 Å². The molecule has 0 spiro atoms. The molecular formula is C11H13Br2NO. The van der Waals surface area contributed by atoms with Crippen molar-refractivity contribution in [1.82, 2.24) is 0 Å². The summed E-state index contributed by atoms with van der Waals surface area (Å²) in [6, 6.07) is 6.57. The number of halogens is 2. The first-order valence-electron chi connectivity index (χ1n) is 5.00. The molecule has 1 saturated heterocycles. The summed E-state index contributed by atoms with van der Waals surface area (Å²) in [5.74, 6) is 0. The molecule has 1 aromatic carbocycles. The van der Waals surface area contributed by atoms with Gasteiger partial charge in [0.15, 0.2) is 0 Å². The molecule has 1 heterocycles. The second-order valence-corrected chi connectivity index (χ2v) is 5.51. The minimum absolute atomic E-state index is 0.292. The van der Waals surface area contributed by atoms with Crippen LogP contribution in [0.4, 0.5) is 5.69 Å². The Kier molecular flexibility index (Phi) is 3.69. The zero-order valence-corrected chi connectivity index (χ0v) is 11.6. The number of anilines is 1. The van der Waals surface area contributed by atoms with Crippen molar-refractivity contribution in [3.05, 3.63) is 27.1 Å². The van der Waals surface area contributed by atoms with Crippen LogP contribution in [0.3, 0.4) is 0 Å². The van der Waals surface area contributed by atoms with Crippen molar-refractivity contribution in [3.8, 4) is 0 Å². The summed E-state index contributed by atoms with van der Waals surface area (Å²) < 4.78 is 7.67. The Morgan fingerprint density at radius 2 is 2.20 bits per heavy atom. The van der Waals surface area contributed by atoms with Crippen LogP contribution in [-0.2, 0) is 4.74 Å². The van der Waals surface area contributed by atoms with Gasteiger partial charge in [0.05, 0.1) is 12.1 Å². The summed E-state index contributed by atoms with van der Waals surface area (Å²) in [6.07, 6.45) is 1.37. The van der Waals surface area contributed by atoms with Crippen molar-refractivity contribution < 1.29 is 4.74 Å². The fraction of sp³-hybridized carbons (Fsp3) is 0.455. The van der Waals surface area contributed by atoms with Gasteiger partial charge in [-0.1, -0.05) is 15.9 Å². The van der Waals surface area contributed by atoms with Crippen molar-refractivity contribution in [1.29, 1.82) is 0 Å². The summed E-state index contributed by atoms with van der Waals surface area (Å²) in [4.78, 5) is 0. The summed E-state index contributed by atoms with van der Waals surface area (Å²) in [5, 5.41) is 3.49. The van der Waals surface area contributed by atoms with Crippen LogP contribution in [0, 0.1) is 0 Å². The third kappa shape index (κ3) is 2.74. The lowest BCUT2D eigenvalue weighted by Gasteiger charge is -2.18. The van der Waals surface area contributed by atoms with E-state index in [0.29, 0.717) is 12.1 Å². The summed E-state index contributed by atoms with van der Waals surface area (Å²) in [6.45, 7) is 2.96. The molecular weight excluding hydrogens is 322 g/mol. The van der Waals surface area contributed by atoms with E-state index in [1.807, 2.05) is 12.1 Å². The molecule has 0 aliphatic carbocycles. The Balaban J connectivity index is 2.10. The summed E-state index contributed by atoms with van der Waals surface area (Å²) >= 11 is 6.98. The van der Waals surface area contributed by atoms with Gasteiger partial charge in [0.2, 0.25) is 0 Å². The highest BCUT2D eigenvalue weighted by atomic mass is 79.9. The van der Waals surface area contributed by atoms with E-state index >= 15 is 0 Å². The van der Waals surface area contributed by atoms with Gasteiger partial charge < -0.3 is 10.1 Å². The minimum Gasteiger partial charge on any atom is -0.379 e. The monoisotopic (exact) mass is 333 g/mol. The molecule has 2 rings (SSSR count). The van der Waals surface area contributed by atoms with Crippen molar-refractivity contribution in [3.63, 3.8) is 0 Å². The Hall–Kier alpha value is -0.0600. The highest BCUT2D eigenvalue weighted by Gasteiger charge is 2.24. The fourth-order valence-corrected chi connectivity index (χ4v) is 2.89. The molecule has 1 aliphatic heterocycles. The van der Waals surface area contributed by atoms with Gasteiger partial charge in [-0.25, -0.2) is 0 Å². The molecule has 1 N–H and O–H groups in total. The molecule has 0 saturated carbocycles. The van der Waals surface area contributed by atoms with Gasteiger partial charge in [-0.15, -0.1) is 0 Å². The van der Waals surface area contributed by atoms with Gasteiger partial charge in [0.1, 0.15) is 0 Å². The van der Waals surface area contributed by atoms with E-state index in [1.54, 1.807) is 0 Å². The molecule has 2 unspecified atom stereocenters. The maximum atomic E-state index is 5.51. The van der Waals surface area contributed by atoms with Crippen LogP contribution < -0.4 is 5.32 Å². The van der Waals surface area contributed by atoms with E-state index in [4.69, 9.17) is 4.74 Å². The Labute approximate surface area is 107 Å². The number of hydrogen-bond donors (Lipinski definition) is 1. The van der Waals surface area contributed by atoms with Crippen LogP contribution in [0.15, 0.2) is 27.1 Å². The van der Waals surface area contributed by atoms with Crippen molar-refractivity contribution in [2.45, 2.75) is 25.5 Å². The van der Waals surface area contributed by atoms with E-state index in [-0.39, 0.29) is 0 Å². The third-order valence-corrected chi connectivity index (χ3v) is 3.80. The van der Waals surface area contributed by atoms with Gasteiger partial charge >= 0.3 is 0 Å². The number of rotatable bonds is 2. The lowest BCUT2D eigenvalue weighted by atomic mass is 10.1. The maximum Gasteiger partial charge on any atom is 0.0748 e. The highest BCUT2D eigenvalue weighted by Crippen LogP contribution is 2.28. The predicted molar refractivity (Wildman–Crippen MR) is 69.3 cm³/mol. The molecule has 1 aliphatic rings. The second kappa shape index (κ2) is 4.85.